The average molecular weight is 491 g/mol. The molecule has 2 aromatic heterocycles. The van der Waals surface area contributed by atoms with E-state index in [-0.39, 0.29) is 17.6 Å². The number of hydrogen-bond acceptors (Lipinski definition) is 5. The highest BCUT2D eigenvalue weighted by Gasteiger charge is 2.28. The van der Waals surface area contributed by atoms with Crippen LogP contribution in [0.1, 0.15) is 34.8 Å². The number of nitrogens with zero attached hydrogens (tertiary/aromatic N) is 3. The van der Waals surface area contributed by atoms with Gasteiger partial charge in [-0.05, 0) is 54.8 Å². The van der Waals surface area contributed by atoms with E-state index >= 15 is 0 Å². The lowest BCUT2D eigenvalue weighted by molar-refractivity contribution is 0.0712. The van der Waals surface area contributed by atoms with Crippen LogP contribution in [-0.2, 0) is 4.74 Å². The number of carbonyl (C=O) groups is 1. The summed E-state index contributed by atoms with van der Waals surface area (Å²) < 4.78 is 19.1. The molecule has 1 aliphatic heterocycles. The maximum absolute atomic E-state index is 14.0. The van der Waals surface area contributed by atoms with Gasteiger partial charge < -0.3 is 14.6 Å². The molecule has 0 atom stereocenters. The summed E-state index contributed by atoms with van der Waals surface area (Å²) >= 11 is 1.55. The number of benzene rings is 2. The lowest BCUT2D eigenvalue weighted by atomic mass is 9.88. The molecular weight excluding hydrogens is 463 g/mol. The number of nitrogens with one attached hydrogen (secondary N) is 1. The number of H-pyrrole nitrogens is 1. The fourth-order valence-corrected chi connectivity index (χ4v) is 5.30. The van der Waals surface area contributed by atoms with Crippen molar-refractivity contribution in [2.24, 2.45) is 0 Å². The molecule has 4 aromatic rings. The van der Waals surface area contributed by atoms with Crippen LogP contribution in [0.15, 0.2) is 66.1 Å². The first-order valence-corrected chi connectivity index (χ1v) is 12.7. The van der Waals surface area contributed by atoms with Gasteiger partial charge in [-0.1, -0.05) is 23.9 Å². The summed E-state index contributed by atoms with van der Waals surface area (Å²) in [4.78, 5) is 27.7. The first-order chi connectivity index (χ1) is 17.1. The van der Waals surface area contributed by atoms with Crippen molar-refractivity contribution in [1.29, 1.82) is 0 Å². The average Bonchev–Trinajstić information content (AvgIpc) is 3.36. The topological polar surface area (TPSA) is 71.1 Å². The third kappa shape index (κ3) is 5.23. The maximum Gasteiger partial charge on any atom is 0.253 e. The Hall–Kier alpha value is -3.23. The maximum atomic E-state index is 14.0. The van der Waals surface area contributed by atoms with Crippen molar-refractivity contribution in [2.75, 3.05) is 32.6 Å². The van der Waals surface area contributed by atoms with Crippen LogP contribution in [0.3, 0.4) is 0 Å². The summed E-state index contributed by atoms with van der Waals surface area (Å²) in [6.07, 6.45) is 5.26. The van der Waals surface area contributed by atoms with E-state index in [0.29, 0.717) is 30.4 Å². The molecule has 2 aromatic carbocycles. The molecule has 5 rings (SSSR count). The summed E-state index contributed by atoms with van der Waals surface area (Å²) in [5, 5.41) is 1.72. The monoisotopic (exact) mass is 490 g/mol. The molecule has 35 heavy (non-hydrogen) atoms. The third-order valence-electron chi connectivity index (χ3n) is 6.42. The molecule has 0 saturated carbocycles. The second kappa shape index (κ2) is 10.6. The van der Waals surface area contributed by atoms with Crippen molar-refractivity contribution in [2.45, 2.75) is 23.9 Å². The third-order valence-corrected chi connectivity index (χ3v) is 7.25. The molecule has 1 amide bonds. The number of fused-ring (bicyclic) bond motifs is 1. The number of likely N-dealkylation sites (tertiary alicyclic amines) is 1. The molecule has 1 saturated heterocycles. The fourth-order valence-electron chi connectivity index (χ4n) is 4.58. The number of piperidine rings is 1. The minimum absolute atomic E-state index is 0.0513. The van der Waals surface area contributed by atoms with E-state index in [1.165, 1.54) is 12.1 Å². The number of aromatic amines is 1. The van der Waals surface area contributed by atoms with Crippen molar-refractivity contribution in [3.63, 3.8) is 0 Å². The van der Waals surface area contributed by atoms with Crippen LogP contribution < -0.4 is 0 Å². The zero-order chi connectivity index (χ0) is 24.2. The second-order valence-corrected chi connectivity index (χ2v) is 9.71. The highest BCUT2D eigenvalue weighted by molar-refractivity contribution is 7.99. The van der Waals surface area contributed by atoms with Crippen LogP contribution in [0.2, 0.25) is 0 Å². The van der Waals surface area contributed by atoms with Crippen LogP contribution in [0.25, 0.3) is 22.0 Å². The van der Waals surface area contributed by atoms with E-state index < -0.39 is 0 Å². The number of ether oxygens (including phenoxy) is 1. The summed E-state index contributed by atoms with van der Waals surface area (Å²) in [5.41, 5.74) is 4.27. The van der Waals surface area contributed by atoms with Crippen molar-refractivity contribution in [1.82, 2.24) is 19.9 Å². The first kappa shape index (κ1) is 23.5. The molecule has 3 heterocycles. The summed E-state index contributed by atoms with van der Waals surface area (Å²) in [7, 11) is 1.67. The van der Waals surface area contributed by atoms with Gasteiger partial charge >= 0.3 is 0 Å². The molecule has 1 fully saturated rings. The van der Waals surface area contributed by atoms with Crippen LogP contribution in [0.4, 0.5) is 4.39 Å². The SMILES string of the molecule is COCCSc1ncc(-c2cccc(F)c2)c(C2CCN(C(=O)c3ccc4[nH]ccc4c3)CC2)n1. The molecule has 8 heteroatoms. The Kier molecular flexibility index (Phi) is 7.11. The summed E-state index contributed by atoms with van der Waals surface area (Å²) in [6, 6.07) is 14.3. The van der Waals surface area contributed by atoms with Gasteiger partial charge in [-0.25, -0.2) is 14.4 Å². The Morgan fingerprint density at radius 2 is 2.06 bits per heavy atom. The number of aromatic nitrogens is 3. The van der Waals surface area contributed by atoms with Gasteiger partial charge in [0.2, 0.25) is 0 Å². The van der Waals surface area contributed by atoms with Gasteiger partial charge in [-0.15, -0.1) is 0 Å². The normalized spacial score (nSPS) is 14.5. The molecule has 1 aliphatic rings. The molecule has 0 unspecified atom stereocenters. The fraction of sp³-hybridized carbons (Fsp3) is 0.296. The van der Waals surface area contributed by atoms with E-state index in [9.17, 15) is 9.18 Å². The van der Waals surface area contributed by atoms with Gasteiger partial charge in [0.1, 0.15) is 5.82 Å². The highest BCUT2D eigenvalue weighted by atomic mass is 32.2. The largest absolute Gasteiger partial charge is 0.384 e. The second-order valence-electron chi connectivity index (χ2n) is 8.65. The molecule has 180 valence electrons. The minimum atomic E-state index is -0.285. The van der Waals surface area contributed by atoms with Gasteiger partial charge in [-0.2, -0.15) is 0 Å². The minimum Gasteiger partial charge on any atom is -0.384 e. The number of carbonyl (C=O) groups excluding carboxylic acids is 1. The molecule has 6 nitrogen and oxygen atoms in total. The number of methoxy groups -OCH3 is 1. The summed E-state index contributed by atoms with van der Waals surface area (Å²) in [6.45, 7) is 1.91. The Morgan fingerprint density at radius 3 is 2.86 bits per heavy atom. The van der Waals surface area contributed by atoms with Gasteiger partial charge in [0.25, 0.3) is 5.91 Å². The van der Waals surface area contributed by atoms with Crippen molar-refractivity contribution in [3.8, 4) is 11.1 Å². The number of rotatable bonds is 7. The van der Waals surface area contributed by atoms with Crippen molar-refractivity contribution in [3.05, 3.63) is 78.0 Å². The van der Waals surface area contributed by atoms with Crippen LogP contribution in [0, 0.1) is 5.82 Å². The Balaban J connectivity index is 1.36. The smallest absolute Gasteiger partial charge is 0.253 e. The number of thioether (sulfide) groups is 1. The molecule has 0 aliphatic carbocycles. The van der Waals surface area contributed by atoms with Crippen LogP contribution in [-0.4, -0.2) is 58.3 Å². The molecule has 0 radical (unpaired) electrons. The lowest BCUT2D eigenvalue weighted by Gasteiger charge is -2.32. The van der Waals surface area contributed by atoms with Gasteiger partial charge in [0, 0.05) is 66.3 Å². The predicted octanol–water partition coefficient (Wildman–Crippen LogP) is 5.52. The Morgan fingerprint density at radius 1 is 1.20 bits per heavy atom. The van der Waals surface area contributed by atoms with Crippen molar-refractivity contribution >= 4 is 28.6 Å². The number of amides is 1. The van der Waals surface area contributed by atoms with E-state index in [1.807, 2.05) is 41.4 Å². The van der Waals surface area contributed by atoms with Gasteiger partial charge in [0.15, 0.2) is 5.16 Å². The van der Waals surface area contributed by atoms with Crippen LogP contribution in [0.5, 0.6) is 0 Å². The zero-order valence-corrected chi connectivity index (χ0v) is 20.4. The lowest BCUT2D eigenvalue weighted by Crippen LogP contribution is -2.38. The molecule has 0 bridgehead atoms. The van der Waals surface area contributed by atoms with E-state index in [2.05, 4.69) is 9.97 Å². The number of hydrogen-bond donors (Lipinski definition) is 1. The number of halogens is 1. The van der Waals surface area contributed by atoms with E-state index in [0.717, 1.165) is 46.3 Å². The van der Waals surface area contributed by atoms with Crippen LogP contribution >= 0.6 is 11.8 Å². The molecular formula is C27H27FN4O2S. The predicted molar refractivity (Wildman–Crippen MR) is 136 cm³/mol. The van der Waals surface area contributed by atoms with Crippen molar-refractivity contribution < 1.29 is 13.9 Å². The molecule has 1 N–H and O–H groups in total. The quantitative estimate of drug-likeness (QED) is 0.210. The zero-order valence-electron chi connectivity index (χ0n) is 19.5. The van der Waals surface area contributed by atoms with E-state index in [4.69, 9.17) is 9.72 Å². The van der Waals surface area contributed by atoms with Gasteiger partial charge in [-0.3, -0.25) is 4.79 Å². The Labute approximate surface area is 207 Å². The van der Waals surface area contributed by atoms with E-state index in [1.54, 1.807) is 31.1 Å². The van der Waals surface area contributed by atoms with Gasteiger partial charge in [0.05, 0.1) is 12.3 Å². The standard InChI is InChI=1S/C27H27FN4O2S/c1-34-13-14-35-27-30-17-23(19-3-2-4-22(28)16-19)25(31-27)18-8-11-32(12-9-18)26(33)21-5-6-24-20(15-21)7-10-29-24/h2-7,10,15-18,29H,8-9,11-14H2,1H3. The highest BCUT2D eigenvalue weighted by Crippen LogP contribution is 2.35. The first-order valence-electron chi connectivity index (χ1n) is 11.7. The summed E-state index contributed by atoms with van der Waals surface area (Å²) in [5.74, 6) is 0.685. The Bertz CT molecular complexity index is 1330. The molecule has 0 spiro atoms.